The van der Waals surface area contributed by atoms with Gasteiger partial charge in [-0.1, -0.05) is 64.3 Å². The van der Waals surface area contributed by atoms with E-state index in [1.165, 1.54) is 31.2 Å². The second-order valence-electron chi connectivity index (χ2n) is 7.38. The van der Waals surface area contributed by atoms with Gasteiger partial charge in [0.05, 0.1) is 0 Å². The Morgan fingerprint density at radius 1 is 1.19 bits per heavy atom. The van der Waals surface area contributed by atoms with Gasteiger partial charge >= 0.3 is 0 Å². The van der Waals surface area contributed by atoms with Crippen molar-refractivity contribution in [3.63, 3.8) is 0 Å². The van der Waals surface area contributed by atoms with Crippen molar-refractivity contribution >= 4 is 11.6 Å². The second kappa shape index (κ2) is 6.71. The minimum absolute atomic E-state index is 0.284. The fraction of sp³-hybridized carbons (Fsp3) is 0.684. The Labute approximate surface area is 135 Å². The molecule has 0 spiro atoms. The first-order valence-electron chi connectivity index (χ1n) is 8.42. The van der Waals surface area contributed by atoms with E-state index in [-0.39, 0.29) is 5.41 Å². The maximum absolute atomic E-state index is 6.23. The third-order valence-corrected chi connectivity index (χ3v) is 5.61. The fourth-order valence-corrected chi connectivity index (χ4v) is 4.17. The maximum Gasteiger partial charge on any atom is 0.0408 e. The quantitative estimate of drug-likeness (QED) is 0.709. The fourth-order valence-electron chi connectivity index (χ4n) is 3.98. The van der Waals surface area contributed by atoms with E-state index < -0.39 is 0 Å². The van der Waals surface area contributed by atoms with Crippen molar-refractivity contribution in [3.8, 4) is 0 Å². The maximum atomic E-state index is 6.23. The topological polar surface area (TPSA) is 12.0 Å². The highest BCUT2D eigenvalue weighted by molar-refractivity contribution is 6.30. The van der Waals surface area contributed by atoms with Crippen LogP contribution in [-0.4, -0.2) is 13.1 Å². The zero-order chi connectivity index (χ0) is 15.5. The van der Waals surface area contributed by atoms with E-state index in [2.05, 4.69) is 51.2 Å². The van der Waals surface area contributed by atoms with Crippen molar-refractivity contribution in [1.29, 1.82) is 0 Å². The largest absolute Gasteiger partial charge is 0.316 e. The Kier molecular flexibility index (Phi) is 5.38. The van der Waals surface area contributed by atoms with Gasteiger partial charge in [-0.15, -0.1) is 0 Å². The normalized spacial score (nSPS) is 19.5. The van der Waals surface area contributed by atoms with Gasteiger partial charge in [0.25, 0.3) is 0 Å². The molecule has 0 saturated heterocycles. The summed E-state index contributed by atoms with van der Waals surface area (Å²) in [6, 6.07) is 8.51. The van der Waals surface area contributed by atoms with Crippen molar-refractivity contribution < 1.29 is 0 Å². The van der Waals surface area contributed by atoms with Crippen molar-refractivity contribution in [1.82, 2.24) is 5.32 Å². The van der Waals surface area contributed by atoms with Crippen LogP contribution >= 0.6 is 11.6 Å². The molecule has 0 heterocycles. The molecule has 118 valence electrons. The third kappa shape index (κ3) is 3.63. The van der Waals surface area contributed by atoms with Crippen molar-refractivity contribution in [2.45, 2.75) is 58.8 Å². The average molecular weight is 308 g/mol. The summed E-state index contributed by atoms with van der Waals surface area (Å²) >= 11 is 6.23. The molecule has 1 aromatic carbocycles. The standard InChI is InChI=1S/C19H30ClN/c1-5-18(6-2)12-19(13-18,14-21-11-15(3)4)16-8-7-9-17(20)10-16/h7-10,15,21H,5-6,11-14H2,1-4H3. The third-order valence-electron chi connectivity index (χ3n) is 5.38. The minimum Gasteiger partial charge on any atom is -0.316 e. The van der Waals surface area contributed by atoms with Crippen LogP contribution in [0.1, 0.15) is 58.9 Å². The molecule has 0 radical (unpaired) electrons. The van der Waals surface area contributed by atoms with Crippen LogP contribution in [0.3, 0.4) is 0 Å². The SMILES string of the molecule is CCC1(CC)CC(CNCC(C)C)(c2cccc(Cl)c2)C1. The number of halogens is 1. The number of benzene rings is 1. The first-order valence-corrected chi connectivity index (χ1v) is 8.80. The molecule has 1 nitrogen and oxygen atoms in total. The van der Waals surface area contributed by atoms with Gasteiger partial charge in [0.2, 0.25) is 0 Å². The lowest BCUT2D eigenvalue weighted by Crippen LogP contribution is -2.54. The van der Waals surface area contributed by atoms with Crippen LogP contribution in [0, 0.1) is 11.3 Å². The Balaban J connectivity index is 2.16. The molecule has 0 bridgehead atoms. The minimum atomic E-state index is 0.284. The molecule has 1 aliphatic carbocycles. The Bertz CT molecular complexity index is 454. The van der Waals surface area contributed by atoms with Gasteiger partial charge in [0.1, 0.15) is 0 Å². The van der Waals surface area contributed by atoms with Gasteiger partial charge in [-0.25, -0.2) is 0 Å². The lowest BCUT2D eigenvalue weighted by atomic mass is 9.48. The second-order valence-corrected chi connectivity index (χ2v) is 7.81. The van der Waals surface area contributed by atoms with Gasteiger partial charge in [-0.2, -0.15) is 0 Å². The molecule has 0 aromatic heterocycles. The van der Waals surface area contributed by atoms with Gasteiger partial charge in [-0.3, -0.25) is 0 Å². The van der Waals surface area contributed by atoms with E-state index in [1.807, 2.05) is 6.07 Å². The monoisotopic (exact) mass is 307 g/mol. The first-order chi connectivity index (χ1) is 9.95. The summed E-state index contributed by atoms with van der Waals surface area (Å²) in [6.45, 7) is 11.4. The zero-order valence-corrected chi connectivity index (χ0v) is 14.8. The molecule has 1 aliphatic rings. The van der Waals surface area contributed by atoms with E-state index in [0.29, 0.717) is 11.3 Å². The summed E-state index contributed by atoms with van der Waals surface area (Å²) in [4.78, 5) is 0. The molecule has 1 aromatic rings. The Hall–Kier alpha value is -0.530. The van der Waals surface area contributed by atoms with Gasteiger partial charge < -0.3 is 5.32 Å². The molecule has 1 saturated carbocycles. The predicted octanol–water partition coefficient (Wildman–Crippen LogP) is 5.42. The molecule has 21 heavy (non-hydrogen) atoms. The van der Waals surface area contributed by atoms with E-state index in [1.54, 1.807) is 0 Å². The van der Waals surface area contributed by atoms with Crippen LogP contribution in [0.2, 0.25) is 5.02 Å². The van der Waals surface area contributed by atoms with Crippen LogP contribution < -0.4 is 5.32 Å². The molecular weight excluding hydrogens is 278 g/mol. The van der Waals surface area contributed by atoms with Crippen LogP contribution in [0.4, 0.5) is 0 Å². The summed E-state index contributed by atoms with van der Waals surface area (Å²) in [5.41, 5.74) is 2.25. The molecule has 1 N–H and O–H groups in total. The lowest BCUT2D eigenvalue weighted by Gasteiger charge is -2.57. The molecule has 0 unspecified atom stereocenters. The van der Waals surface area contributed by atoms with Crippen LogP contribution in [0.25, 0.3) is 0 Å². The first kappa shape index (κ1) is 16.8. The summed E-state index contributed by atoms with van der Waals surface area (Å²) in [6.07, 6.45) is 5.16. The van der Waals surface area contributed by atoms with Crippen molar-refractivity contribution in [2.75, 3.05) is 13.1 Å². The van der Waals surface area contributed by atoms with Crippen LogP contribution in [0.15, 0.2) is 24.3 Å². The number of nitrogens with one attached hydrogen (secondary N) is 1. The summed E-state index contributed by atoms with van der Waals surface area (Å²) in [5, 5.41) is 4.55. The number of hydrogen-bond donors (Lipinski definition) is 1. The highest BCUT2D eigenvalue weighted by Gasteiger charge is 2.52. The van der Waals surface area contributed by atoms with Crippen LogP contribution in [0.5, 0.6) is 0 Å². The van der Waals surface area contributed by atoms with Gasteiger partial charge in [0, 0.05) is 17.0 Å². The highest BCUT2D eigenvalue weighted by Crippen LogP contribution is 2.59. The molecule has 0 atom stereocenters. The molecular formula is C19H30ClN. The van der Waals surface area contributed by atoms with E-state index in [4.69, 9.17) is 11.6 Å². The molecule has 2 heteroatoms. The van der Waals surface area contributed by atoms with Gasteiger partial charge in [-0.05, 0) is 48.4 Å². The van der Waals surface area contributed by atoms with E-state index >= 15 is 0 Å². The van der Waals surface area contributed by atoms with Gasteiger partial charge in [0.15, 0.2) is 0 Å². The van der Waals surface area contributed by atoms with E-state index in [0.717, 1.165) is 18.1 Å². The molecule has 0 amide bonds. The van der Waals surface area contributed by atoms with Crippen LogP contribution in [-0.2, 0) is 5.41 Å². The Morgan fingerprint density at radius 2 is 1.86 bits per heavy atom. The predicted molar refractivity (Wildman–Crippen MR) is 93.1 cm³/mol. The average Bonchev–Trinajstić information content (AvgIpc) is 2.41. The summed E-state index contributed by atoms with van der Waals surface area (Å²) in [5.74, 6) is 0.698. The van der Waals surface area contributed by atoms with Crippen molar-refractivity contribution in [3.05, 3.63) is 34.9 Å². The molecule has 2 rings (SSSR count). The van der Waals surface area contributed by atoms with E-state index in [9.17, 15) is 0 Å². The summed E-state index contributed by atoms with van der Waals surface area (Å²) in [7, 11) is 0. The molecule has 1 fully saturated rings. The van der Waals surface area contributed by atoms with Crippen molar-refractivity contribution in [2.24, 2.45) is 11.3 Å². The number of rotatable bonds is 7. The highest BCUT2D eigenvalue weighted by atomic mass is 35.5. The summed E-state index contributed by atoms with van der Waals surface area (Å²) < 4.78 is 0. The Morgan fingerprint density at radius 3 is 2.38 bits per heavy atom. The number of hydrogen-bond acceptors (Lipinski definition) is 1. The zero-order valence-electron chi connectivity index (χ0n) is 14.0. The smallest absolute Gasteiger partial charge is 0.0408 e. The molecule has 0 aliphatic heterocycles. The lowest BCUT2D eigenvalue weighted by molar-refractivity contribution is 0.0126.